The van der Waals surface area contributed by atoms with Crippen LogP contribution in [-0.2, 0) is 17.7 Å². The fraction of sp³-hybridized carbons (Fsp3) is 0.812. The van der Waals surface area contributed by atoms with Gasteiger partial charge in [0, 0.05) is 25.9 Å². The Kier molecular flexibility index (Phi) is 5.22. The predicted molar refractivity (Wildman–Crippen MR) is 81.8 cm³/mol. The molecule has 1 aliphatic carbocycles. The molecular formula is C16H29N3O. The number of hydrogen-bond donors (Lipinski definition) is 1. The Morgan fingerprint density at radius 2 is 2.40 bits per heavy atom. The summed E-state index contributed by atoms with van der Waals surface area (Å²) < 4.78 is 8.01. The van der Waals surface area contributed by atoms with Crippen LogP contribution in [-0.4, -0.2) is 35.6 Å². The number of methoxy groups -OCH3 is 1. The van der Waals surface area contributed by atoms with Gasteiger partial charge in [-0.1, -0.05) is 19.8 Å². The van der Waals surface area contributed by atoms with Crippen LogP contribution in [0.25, 0.3) is 0 Å². The number of nitrogens with one attached hydrogen (secondary N) is 1. The fourth-order valence-electron chi connectivity index (χ4n) is 3.66. The molecule has 1 aromatic rings. The molecule has 1 heterocycles. The summed E-state index contributed by atoms with van der Waals surface area (Å²) in [5.74, 6) is 0.748. The van der Waals surface area contributed by atoms with Crippen molar-refractivity contribution in [3.63, 3.8) is 0 Å². The van der Waals surface area contributed by atoms with Crippen molar-refractivity contribution in [1.29, 1.82) is 0 Å². The van der Waals surface area contributed by atoms with Crippen LogP contribution in [0.2, 0.25) is 0 Å². The van der Waals surface area contributed by atoms with Crippen molar-refractivity contribution in [2.45, 2.75) is 64.1 Å². The van der Waals surface area contributed by atoms with Crippen molar-refractivity contribution in [2.75, 3.05) is 14.2 Å². The smallest absolute Gasteiger partial charge is 0.0836 e. The van der Waals surface area contributed by atoms with E-state index in [9.17, 15) is 0 Å². The summed E-state index contributed by atoms with van der Waals surface area (Å²) in [5, 5.41) is 7.88. The van der Waals surface area contributed by atoms with E-state index in [0.29, 0.717) is 6.04 Å². The molecule has 1 aromatic heterocycles. The van der Waals surface area contributed by atoms with Crippen molar-refractivity contribution in [3.05, 3.63) is 18.0 Å². The molecule has 1 aliphatic rings. The van der Waals surface area contributed by atoms with Gasteiger partial charge in [-0.2, -0.15) is 5.10 Å². The molecule has 3 unspecified atom stereocenters. The lowest BCUT2D eigenvalue weighted by Crippen LogP contribution is -2.54. The standard InChI is InChI=1S/C16H29N3O/c1-5-19-12-14(11-18-19)9-15(17-3)16(20-4)8-6-7-13(2)10-16/h11-13,15,17H,5-10H2,1-4H3. The Bertz CT molecular complexity index is 418. The Balaban J connectivity index is 2.12. The van der Waals surface area contributed by atoms with Crippen LogP contribution in [0, 0.1) is 5.92 Å². The van der Waals surface area contributed by atoms with Crippen LogP contribution in [0.4, 0.5) is 0 Å². The van der Waals surface area contributed by atoms with Gasteiger partial charge in [-0.05, 0) is 44.7 Å². The molecule has 0 amide bonds. The molecule has 0 aliphatic heterocycles. The zero-order valence-corrected chi connectivity index (χ0v) is 13.4. The van der Waals surface area contributed by atoms with Crippen LogP contribution < -0.4 is 5.32 Å². The highest BCUT2D eigenvalue weighted by Gasteiger charge is 2.41. The molecule has 3 atom stereocenters. The van der Waals surface area contributed by atoms with Gasteiger partial charge in [0.1, 0.15) is 0 Å². The first-order chi connectivity index (χ1) is 9.63. The minimum Gasteiger partial charge on any atom is -0.377 e. The van der Waals surface area contributed by atoms with Crippen molar-refractivity contribution >= 4 is 0 Å². The molecule has 0 bridgehead atoms. The number of aromatic nitrogens is 2. The normalized spacial score (nSPS) is 28.5. The van der Waals surface area contributed by atoms with Gasteiger partial charge in [0.05, 0.1) is 11.8 Å². The average Bonchev–Trinajstić information content (AvgIpc) is 2.92. The van der Waals surface area contributed by atoms with Crippen molar-refractivity contribution in [3.8, 4) is 0 Å². The predicted octanol–water partition coefficient (Wildman–Crippen LogP) is 2.63. The van der Waals surface area contributed by atoms with Crippen molar-refractivity contribution in [2.24, 2.45) is 5.92 Å². The summed E-state index contributed by atoms with van der Waals surface area (Å²) in [6.45, 7) is 5.39. The zero-order valence-electron chi connectivity index (χ0n) is 13.4. The molecule has 4 nitrogen and oxygen atoms in total. The molecule has 0 aromatic carbocycles. The lowest BCUT2D eigenvalue weighted by atomic mass is 9.73. The molecule has 1 fully saturated rings. The highest BCUT2D eigenvalue weighted by molar-refractivity contribution is 5.10. The molecule has 0 spiro atoms. The van der Waals surface area contributed by atoms with Crippen LogP contribution >= 0.6 is 0 Å². The van der Waals surface area contributed by atoms with Crippen molar-refractivity contribution in [1.82, 2.24) is 15.1 Å². The molecule has 0 radical (unpaired) electrons. The lowest BCUT2D eigenvalue weighted by Gasteiger charge is -2.44. The molecule has 20 heavy (non-hydrogen) atoms. The van der Waals surface area contributed by atoms with Crippen LogP contribution in [0.5, 0.6) is 0 Å². The van der Waals surface area contributed by atoms with Gasteiger partial charge in [-0.3, -0.25) is 4.68 Å². The minimum absolute atomic E-state index is 0.0271. The van der Waals surface area contributed by atoms with Crippen LogP contribution in [0.1, 0.15) is 45.1 Å². The number of hydrogen-bond acceptors (Lipinski definition) is 3. The maximum Gasteiger partial charge on any atom is 0.0836 e. The van der Waals surface area contributed by atoms with E-state index in [1.165, 1.54) is 18.4 Å². The molecule has 1 N–H and O–H groups in total. The first-order valence-corrected chi connectivity index (χ1v) is 7.87. The van der Waals surface area contributed by atoms with E-state index >= 15 is 0 Å². The average molecular weight is 279 g/mol. The molecule has 0 saturated heterocycles. The largest absolute Gasteiger partial charge is 0.377 e. The zero-order chi connectivity index (χ0) is 14.6. The maximum absolute atomic E-state index is 6.02. The highest BCUT2D eigenvalue weighted by atomic mass is 16.5. The molecule has 114 valence electrons. The van der Waals surface area contributed by atoms with Crippen molar-refractivity contribution < 1.29 is 4.74 Å². The SMILES string of the molecule is CCn1cc(CC(NC)C2(OC)CCCC(C)C2)cn1. The van der Waals surface area contributed by atoms with Gasteiger partial charge in [0.25, 0.3) is 0 Å². The number of aryl methyl sites for hydroxylation is 1. The number of ether oxygens (including phenoxy) is 1. The van der Waals surface area contributed by atoms with Gasteiger partial charge < -0.3 is 10.1 Å². The first-order valence-electron chi connectivity index (χ1n) is 7.87. The minimum atomic E-state index is -0.0271. The number of rotatable bonds is 6. The molecule has 2 rings (SSSR count). The summed E-state index contributed by atoms with van der Waals surface area (Å²) in [4.78, 5) is 0. The Morgan fingerprint density at radius 1 is 1.60 bits per heavy atom. The third kappa shape index (κ3) is 3.23. The second kappa shape index (κ2) is 6.72. The Morgan fingerprint density at radius 3 is 2.95 bits per heavy atom. The van der Waals surface area contributed by atoms with Gasteiger partial charge >= 0.3 is 0 Å². The van der Waals surface area contributed by atoms with E-state index in [1.54, 1.807) is 0 Å². The lowest BCUT2D eigenvalue weighted by molar-refractivity contribution is -0.0775. The molecule has 4 heteroatoms. The fourth-order valence-corrected chi connectivity index (χ4v) is 3.66. The van der Waals surface area contributed by atoms with Crippen LogP contribution in [0.3, 0.4) is 0 Å². The summed E-state index contributed by atoms with van der Waals surface area (Å²) >= 11 is 0. The maximum atomic E-state index is 6.02. The monoisotopic (exact) mass is 279 g/mol. The van der Waals surface area contributed by atoms with Gasteiger partial charge in [-0.15, -0.1) is 0 Å². The summed E-state index contributed by atoms with van der Waals surface area (Å²) in [6, 6.07) is 0.352. The first kappa shape index (κ1) is 15.5. The van der Waals surface area contributed by atoms with E-state index < -0.39 is 0 Å². The quantitative estimate of drug-likeness (QED) is 0.870. The molecule has 1 saturated carbocycles. The van der Waals surface area contributed by atoms with E-state index in [0.717, 1.165) is 31.7 Å². The molecular weight excluding hydrogens is 250 g/mol. The van der Waals surface area contributed by atoms with Crippen LogP contribution in [0.15, 0.2) is 12.4 Å². The van der Waals surface area contributed by atoms with Gasteiger partial charge in [0.2, 0.25) is 0 Å². The number of nitrogens with zero attached hydrogens (tertiary/aromatic N) is 2. The summed E-state index contributed by atoms with van der Waals surface area (Å²) in [5.41, 5.74) is 1.27. The highest BCUT2D eigenvalue weighted by Crippen LogP contribution is 2.38. The second-order valence-corrected chi connectivity index (χ2v) is 6.22. The summed E-state index contributed by atoms with van der Waals surface area (Å²) in [6.07, 6.45) is 10.0. The Hall–Kier alpha value is -0.870. The third-order valence-corrected chi connectivity index (χ3v) is 4.83. The van der Waals surface area contributed by atoms with E-state index in [2.05, 4.69) is 37.5 Å². The third-order valence-electron chi connectivity index (χ3n) is 4.83. The van der Waals surface area contributed by atoms with E-state index in [4.69, 9.17) is 4.74 Å². The summed E-state index contributed by atoms with van der Waals surface area (Å²) in [7, 11) is 3.92. The van der Waals surface area contributed by atoms with E-state index in [-0.39, 0.29) is 5.60 Å². The second-order valence-electron chi connectivity index (χ2n) is 6.22. The topological polar surface area (TPSA) is 39.1 Å². The van der Waals surface area contributed by atoms with E-state index in [1.807, 2.05) is 18.0 Å². The number of likely N-dealkylation sites (N-methyl/N-ethyl adjacent to an activating group) is 1. The van der Waals surface area contributed by atoms with Gasteiger partial charge in [0.15, 0.2) is 0 Å². The Labute approximate surface area is 122 Å². The van der Waals surface area contributed by atoms with Gasteiger partial charge in [-0.25, -0.2) is 0 Å².